The molecule has 136 valence electrons. The quantitative estimate of drug-likeness (QED) is 0.528. The third-order valence-corrected chi connectivity index (χ3v) is 4.88. The zero-order valence-electron chi connectivity index (χ0n) is 14.9. The summed E-state index contributed by atoms with van der Waals surface area (Å²) in [6.07, 6.45) is 0.339. The fraction of sp³-hybridized carbons (Fsp3) is 0.222. The van der Waals surface area contributed by atoms with Crippen LogP contribution in [0.1, 0.15) is 17.0 Å². The molecule has 0 atom stereocenters. The van der Waals surface area contributed by atoms with Crippen molar-refractivity contribution < 1.29 is 4.79 Å². The van der Waals surface area contributed by atoms with Gasteiger partial charge in [0.1, 0.15) is 11.0 Å². The topological polar surface area (TPSA) is 89.7 Å². The van der Waals surface area contributed by atoms with Crippen molar-refractivity contribution >= 4 is 28.7 Å². The first-order chi connectivity index (χ1) is 13.1. The summed E-state index contributed by atoms with van der Waals surface area (Å²) in [4.78, 5) is 14.3. The van der Waals surface area contributed by atoms with Gasteiger partial charge in [0.25, 0.3) is 0 Å². The third kappa shape index (κ3) is 3.68. The van der Waals surface area contributed by atoms with Gasteiger partial charge in [0, 0.05) is 13.6 Å². The second-order valence-electron chi connectivity index (χ2n) is 6.32. The number of hydrogen-bond donors (Lipinski definition) is 0. The zero-order valence-corrected chi connectivity index (χ0v) is 15.7. The van der Waals surface area contributed by atoms with E-state index < -0.39 is 0 Å². The van der Waals surface area contributed by atoms with Gasteiger partial charge in [-0.25, -0.2) is 0 Å². The van der Waals surface area contributed by atoms with Crippen LogP contribution in [0, 0.1) is 6.92 Å². The number of nitrogens with zero attached hydrogens (tertiary/aromatic N) is 7. The number of hydrogen-bond acceptors (Lipinski definition) is 7. The summed E-state index contributed by atoms with van der Waals surface area (Å²) in [7, 11) is 1.81. The van der Waals surface area contributed by atoms with Crippen LogP contribution in [0.25, 0.3) is 16.7 Å². The number of amides is 1. The van der Waals surface area contributed by atoms with E-state index >= 15 is 0 Å². The fourth-order valence-corrected chi connectivity index (χ4v) is 3.34. The molecule has 27 heavy (non-hydrogen) atoms. The molecule has 0 aliphatic carbocycles. The van der Waals surface area contributed by atoms with Gasteiger partial charge in [-0.2, -0.15) is 13.4 Å². The Morgan fingerprint density at radius 3 is 2.56 bits per heavy atom. The molecule has 2 heterocycles. The number of tetrazole rings is 1. The van der Waals surface area contributed by atoms with E-state index in [1.54, 1.807) is 9.58 Å². The Morgan fingerprint density at radius 1 is 1.07 bits per heavy atom. The zero-order chi connectivity index (χ0) is 18.8. The number of benzene rings is 2. The number of carbonyl (C=O) groups excluding carboxylic acids is 1. The molecule has 0 aliphatic rings. The standard InChI is InChI=1S/C18H17N7OS/c1-12-19-22-23-25(12)15-6-3-13(4-7-15)10-18(26)24(2)11-14-5-8-16-17(9-14)21-27-20-16/h3-9H,10-11H2,1-2H3. The fourth-order valence-electron chi connectivity index (χ4n) is 2.82. The van der Waals surface area contributed by atoms with Gasteiger partial charge in [0.05, 0.1) is 23.8 Å². The van der Waals surface area contributed by atoms with Gasteiger partial charge in [0.2, 0.25) is 5.91 Å². The number of aryl methyl sites for hydroxylation is 1. The number of rotatable bonds is 5. The van der Waals surface area contributed by atoms with E-state index in [9.17, 15) is 4.79 Å². The number of fused-ring (bicyclic) bond motifs is 1. The molecule has 4 aromatic rings. The predicted molar refractivity (Wildman–Crippen MR) is 101 cm³/mol. The molecule has 8 nitrogen and oxygen atoms in total. The summed E-state index contributed by atoms with van der Waals surface area (Å²) in [5.74, 6) is 0.767. The maximum absolute atomic E-state index is 12.6. The third-order valence-electron chi connectivity index (χ3n) is 4.33. The Hall–Kier alpha value is -3.20. The highest BCUT2D eigenvalue weighted by Gasteiger charge is 2.12. The van der Waals surface area contributed by atoms with E-state index in [4.69, 9.17) is 0 Å². The van der Waals surface area contributed by atoms with E-state index in [0.29, 0.717) is 18.8 Å². The molecular formula is C18H17N7OS. The Labute approximate surface area is 159 Å². The Kier molecular flexibility index (Phi) is 4.59. The van der Waals surface area contributed by atoms with E-state index in [0.717, 1.165) is 27.8 Å². The van der Waals surface area contributed by atoms with Gasteiger partial charge in [0.15, 0.2) is 5.82 Å². The van der Waals surface area contributed by atoms with E-state index in [2.05, 4.69) is 24.3 Å². The number of likely N-dealkylation sites (N-methyl/N-ethyl adjacent to an activating group) is 1. The lowest BCUT2D eigenvalue weighted by atomic mass is 10.1. The molecule has 1 amide bonds. The number of aromatic nitrogens is 6. The Bertz CT molecular complexity index is 1090. The molecule has 0 bridgehead atoms. The van der Waals surface area contributed by atoms with Crippen molar-refractivity contribution in [3.63, 3.8) is 0 Å². The summed E-state index contributed by atoms with van der Waals surface area (Å²) in [6.45, 7) is 2.37. The first-order valence-electron chi connectivity index (χ1n) is 8.39. The summed E-state index contributed by atoms with van der Waals surface area (Å²) in [5.41, 5.74) is 4.60. The molecule has 0 saturated heterocycles. The molecular weight excluding hydrogens is 362 g/mol. The molecule has 0 N–H and O–H groups in total. The first kappa shape index (κ1) is 17.2. The lowest BCUT2D eigenvalue weighted by Gasteiger charge is -2.17. The highest BCUT2D eigenvalue weighted by molar-refractivity contribution is 7.00. The minimum atomic E-state index is 0.0536. The van der Waals surface area contributed by atoms with Crippen molar-refractivity contribution in [2.75, 3.05) is 7.05 Å². The van der Waals surface area contributed by atoms with Gasteiger partial charge in [-0.15, -0.1) is 5.10 Å². The van der Waals surface area contributed by atoms with Crippen molar-refractivity contribution in [1.29, 1.82) is 0 Å². The second kappa shape index (κ2) is 7.20. The van der Waals surface area contributed by atoms with Gasteiger partial charge in [-0.05, 0) is 52.7 Å². The molecule has 2 aromatic carbocycles. The molecule has 0 unspecified atom stereocenters. The smallest absolute Gasteiger partial charge is 0.227 e. The lowest BCUT2D eigenvalue weighted by Crippen LogP contribution is -2.27. The van der Waals surface area contributed by atoms with Crippen molar-refractivity contribution in [1.82, 2.24) is 33.9 Å². The van der Waals surface area contributed by atoms with Gasteiger partial charge in [-0.3, -0.25) is 4.79 Å². The molecule has 0 radical (unpaired) electrons. The number of carbonyl (C=O) groups is 1. The maximum atomic E-state index is 12.6. The minimum Gasteiger partial charge on any atom is -0.341 e. The summed E-state index contributed by atoms with van der Waals surface area (Å²) in [6, 6.07) is 13.6. The van der Waals surface area contributed by atoms with Gasteiger partial charge < -0.3 is 4.90 Å². The maximum Gasteiger partial charge on any atom is 0.227 e. The molecule has 4 rings (SSSR count). The summed E-state index contributed by atoms with van der Waals surface area (Å²) >= 11 is 1.19. The van der Waals surface area contributed by atoms with Crippen LogP contribution in [0.15, 0.2) is 42.5 Å². The van der Waals surface area contributed by atoms with Crippen molar-refractivity contribution in [2.45, 2.75) is 19.9 Å². The minimum absolute atomic E-state index is 0.0536. The van der Waals surface area contributed by atoms with Crippen molar-refractivity contribution in [3.05, 3.63) is 59.4 Å². The van der Waals surface area contributed by atoms with Crippen LogP contribution in [0.5, 0.6) is 0 Å². The average Bonchev–Trinajstić information content (AvgIpc) is 3.30. The normalized spacial score (nSPS) is 11.0. The first-order valence-corrected chi connectivity index (χ1v) is 9.12. The lowest BCUT2D eigenvalue weighted by molar-refractivity contribution is -0.129. The van der Waals surface area contributed by atoms with Gasteiger partial charge >= 0.3 is 0 Å². The van der Waals surface area contributed by atoms with Crippen LogP contribution in [-0.2, 0) is 17.8 Å². The van der Waals surface area contributed by atoms with E-state index in [1.165, 1.54) is 11.7 Å². The van der Waals surface area contributed by atoms with E-state index in [-0.39, 0.29) is 5.91 Å². The Balaban J connectivity index is 1.41. The summed E-state index contributed by atoms with van der Waals surface area (Å²) < 4.78 is 10.1. The van der Waals surface area contributed by atoms with Crippen LogP contribution >= 0.6 is 11.7 Å². The molecule has 0 spiro atoms. The van der Waals surface area contributed by atoms with Crippen LogP contribution in [0.2, 0.25) is 0 Å². The average molecular weight is 379 g/mol. The van der Waals surface area contributed by atoms with Crippen LogP contribution < -0.4 is 0 Å². The van der Waals surface area contributed by atoms with E-state index in [1.807, 2.05) is 56.4 Å². The molecule has 2 aromatic heterocycles. The van der Waals surface area contributed by atoms with Crippen molar-refractivity contribution in [2.24, 2.45) is 0 Å². The van der Waals surface area contributed by atoms with Gasteiger partial charge in [-0.1, -0.05) is 18.2 Å². The monoisotopic (exact) mass is 379 g/mol. The van der Waals surface area contributed by atoms with Crippen LogP contribution in [0.3, 0.4) is 0 Å². The highest BCUT2D eigenvalue weighted by atomic mass is 32.1. The Morgan fingerprint density at radius 2 is 1.81 bits per heavy atom. The SMILES string of the molecule is Cc1nnnn1-c1ccc(CC(=O)N(C)Cc2ccc3nsnc3c2)cc1. The molecule has 0 aliphatic heterocycles. The van der Waals surface area contributed by atoms with Crippen molar-refractivity contribution in [3.8, 4) is 5.69 Å². The highest BCUT2D eigenvalue weighted by Crippen LogP contribution is 2.16. The molecule has 0 saturated carbocycles. The second-order valence-corrected chi connectivity index (χ2v) is 6.85. The van der Waals surface area contributed by atoms with Crippen LogP contribution in [-0.4, -0.2) is 46.8 Å². The molecule has 9 heteroatoms. The molecule has 0 fully saturated rings. The largest absolute Gasteiger partial charge is 0.341 e. The summed E-state index contributed by atoms with van der Waals surface area (Å²) in [5, 5.41) is 11.5. The van der Waals surface area contributed by atoms with Crippen LogP contribution in [0.4, 0.5) is 0 Å². The predicted octanol–water partition coefficient (Wildman–Crippen LogP) is 2.18.